The van der Waals surface area contributed by atoms with E-state index in [-0.39, 0.29) is 5.92 Å². The van der Waals surface area contributed by atoms with E-state index in [4.69, 9.17) is 14.6 Å². The van der Waals surface area contributed by atoms with Crippen LogP contribution in [0.4, 0.5) is 5.69 Å². The summed E-state index contributed by atoms with van der Waals surface area (Å²) in [5.41, 5.74) is 0.800. The first-order chi connectivity index (χ1) is 8.58. The number of carboxylic acids is 1. The van der Waals surface area contributed by atoms with Gasteiger partial charge in [-0.3, -0.25) is 4.79 Å². The highest BCUT2D eigenvalue weighted by atomic mass is 16.5. The van der Waals surface area contributed by atoms with E-state index in [1.165, 1.54) is 0 Å². The van der Waals surface area contributed by atoms with Gasteiger partial charge < -0.3 is 19.9 Å². The number of anilines is 1. The molecule has 0 aliphatic rings. The SMILES string of the molecule is COc1ccc(OC)c(NCCC(C)C(=O)O)c1. The first kappa shape index (κ1) is 14.2. The molecule has 1 unspecified atom stereocenters. The second-order valence-corrected chi connectivity index (χ2v) is 4.02. The number of ether oxygens (including phenoxy) is 2. The maximum atomic E-state index is 10.7. The lowest BCUT2D eigenvalue weighted by atomic mass is 10.1. The lowest BCUT2D eigenvalue weighted by Gasteiger charge is -2.13. The average Bonchev–Trinajstić information content (AvgIpc) is 2.38. The van der Waals surface area contributed by atoms with Gasteiger partial charge in [0, 0.05) is 12.6 Å². The van der Waals surface area contributed by atoms with Gasteiger partial charge in [-0.1, -0.05) is 6.92 Å². The van der Waals surface area contributed by atoms with E-state index >= 15 is 0 Å². The van der Waals surface area contributed by atoms with E-state index in [9.17, 15) is 4.79 Å². The molecular weight excluding hydrogens is 234 g/mol. The minimum Gasteiger partial charge on any atom is -0.497 e. The number of hydrogen-bond acceptors (Lipinski definition) is 4. The first-order valence-corrected chi connectivity index (χ1v) is 5.77. The van der Waals surface area contributed by atoms with Crippen LogP contribution in [0.3, 0.4) is 0 Å². The molecule has 5 heteroatoms. The number of methoxy groups -OCH3 is 2. The van der Waals surface area contributed by atoms with Crippen LogP contribution < -0.4 is 14.8 Å². The van der Waals surface area contributed by atoms with Crippen LogP contribution in [-0.4, -0.2) is 31.8 Å². The summed E-state index contributed by atoms with van der Waals surface area (Å²) >= 11 is 0. The summed E-state index contributed by atoms with van der Waals surface area (Å²) in [5, 5.41) is 11.9. The van der Waals surface area contributed by atoms with Crippen LogP contribution in [0, 0.1) is 5.92 Å². The molecule has 0 spiro atoms. The van der Waals surface area contributed by atoms with Gasteiger partial charge in [0.05, 0.1) is 25.8 Å². The van der Waals surface area contributed by atoms with Crippen molar-refractivity contribution in [1.82, 2.24) is 0 Å². The molecule has 0 aliphatic carbocycles. The molecule has 0 aliphatic heterocycles. The van der Waals surface area contributed by atoms with Gasteiger partial charge in [-0.2, -0.15) is 0 Å². The summed E-state index contributed by atoms with van der Waals surface area (Å²) < 4.78 is 10.3. The highest BCUT2D eigenvalue weighted by Gasteiger charge is 2.11. The number of benzene rings is 1. The van der Waals surface area contributed by atoms with Gasteiger partial charge in [0.1, 0.15) is 11.5 Å². The van der Waals surface area contributed by atoms with Crippen LogP contribution in [0.25, 0.3) is 0 Å². The Morgan fingerprint density at radius 1 is 1.39 bits per heavy atom. The van der Waals surface area contributed by atoms with Crippen molar-refractivity contribution in [2.45, 2.75) is 13.3 Å². The predicted molar refractivity (Wildman–Crippen MR) is 69.5 cm³/mol. The van der Waals surface area contributed by atoms with Gasteiger partial charge in [0.2, 0.25) is 0 Å². The fourth-order valence-corrected chi connectivity index (χ4v) is 1.50. The summed E-state index contributed by atoms with van der Waals surface area (Å²) in [6.45, 7) is 2.25. The van der Waals surface area contributed by atoms with Crippen LogP contribution in [0.1, 0.15) is 13.3 Å². The zero-order valence-electron chi connectivity index (χ0n) is 10.9. The van der Waals surface area contributed by atoms with E-state index in [1.807, 2.05) is 18.2 Å². The lowest BCUT2D eigenvalue weighted by Crippen LogP contribution is -2.14. The fourth-order valence-electron chi connectivity index (χ4n) is 1.50. The third-order valence-electron chi connectivity index (χ3n) is 2.72. The largest absolute Gasteiger partial charge is 0.497 e. The van der Waals surface area contributed by atoms with Crippen LogP contribution in [0.2, 0.25) is 0 Å². The normalized spacial score (nSPS) is 11.7. The number of carboxylic acid groups (broad SMARTS) is 1. The van der Waals surface area contributed by atoms with Crippen molar-refractivity contribution < 1.29 is 19.4 Å². The van der Waals surface area contributed by atoms with Gasteiger partial charge in [-0.15, -0.1) is 0 Å². The van der Waals surface area contributed by atoms with E-state index in [2.05, 4.69) is 5.32 Å². The first-order valence-electron chi connectivity index (χ1n) is 5.77. The highest BCUT2D eigenvalue weighted by molar-refractivity contribution is 5.69. The molecule has 1 aromatic carbocycles. The molecule has 0 heterocycles. The molecule has 100 valence electrons. The summed E-state index contributed by atoms with van der Waals surface area (Å²) in [6.07, 6.45) is 0.551. The standard InChI is InChI=1S/C13H19NO4/c1-9(13(15)16)6-7-14-11-8-10(17-2)4-5-12(11)18-3/h4-5,8-9,14H,6-7H2,1-3H3,(H,15,16). The molecule has 1 aromatic rings. The summed E-state index contributed by atoms with van der Waals surface area (Å²) in [5.74, 6) is 0.284. The van der Waals surface area contributed by atoms with Crippen LogP contribution >= 0.6 is 0 Å². The zero-order chi connectivity index (χ0) is 13.5. The quantitative estimate of drug-likeness (QED) is 0.780. The molecule has 0 saturated carbocycles. The molecule has 0 amide bonds. The Labute approximate surface area is 107 Å². The van der Waals surface area contributed by atoms with Gasteiger partial charge in [0.15, 0.2) is 0 Å². The van der Waals surface area contributed by atoms with E-state index in [1.54, 1.807) is 21.1 Å². The Balaban J connectivity index is 2.62. The number of aliphatic carboxylic acids is 1. The van der Waals surface area contributed by atoms with Crippen molar-refractivity contribution in [2.75, 3.05) is 26.1 Å². The number of carbonyl (C=O) groups is 1. The van der Waals surface area contributed by atoms with Gasteiger partial charge in [-0.25, -0.2) is 0 Å². The van der Waals surface area contributed by atoms with E-state index < -0.39 is 5.97 Å². The van der Waals surface area contributed by atoms with E-state index in [0.29, 0.717) is 18.7 Å². The third-order valence-corrected chi connectivity index (χ3v) is 2.72. The van der Waals surface area contributed by atoms with Crippen molar-refractivity contribution in [2.24, 2.45) is 5.92 Å². The maximum Gasteiger partial charge on any atom is 0.306 e. The van der Waals surface area contributed by atoms with Crippen LogP contribution in [0.5, 0.6) is 11.5 Å². The molecule has 0 saturated heterocycles. The molecule has 1 rings (SSSR count). The Morgan fingerprint density at radius 3 is 2.67 bits per heavy atom. The number of rotatable bonds is 7. The Hall–Kier alpha value is -1.91. The summed E-state index contributed by atoms with van der Waals surface area (Å²) in [6, 6.07) is 5.44. The molecule has 1 atom stereocenters. The van der Waals surface area contributed by atoms with Crippen LogP contribution in [-0.2, 0) is 4.79 Å². The Morgan fingerprint density at radius 2 is 2.11 bits per heavy atom. The van der Waals surface area contributed by atoms with E-state index in [0.717, 1.165) is 11.4 Å². The predicted octanol–water partition coefficient (Wildman–Crippen LogP) is 2.23. The lowest BCUT2D eigenvalue weighted by molar-refractivity contribution is -0.141. The second kappa shape index (κ2) is 6.74. The monoisotopic (exact) mass is 253 g/mol. The van der Waals surface area contributed by atoms with Crippen LogP contribution in [0.15, 0.2) is 18.2 Å². The van der Waals surface area contributed by atoms with Crippen molar-refractivity contribution >= 4 is 11.7 Å². The van der Waals surface area contributed by atoms with Gasteiger partial charge in [0.25, 0.3) is 0 Å². The minimum atomic E-state index is -0.783. The van der Waals surface area contributed by atoms with Crippen molar-refractivity contribution in [1.29, 1.82) is 0 Å². The molecule has 5 nitrogen and oxygen atoms in total. The number of nitrogens with one attached hydrogen (secondary N) is 1. The molecule has 18 heavy (non-hydrogen) atoms. The fraction of sp³-hybridized carbons (Fsp3) is 0.462. The topological polar surface area (TPSA) is 67.8 Å². The second-order valence-electron chi connectivity index (χ2n) is 4.02. The van der Waals surface area contributed by atoms with Crippen molar-refractivity contribution in [3.05, 3.63) is 18.2 Å². The summed E-state index contributed by atoms with van der Waals surface area (Å²) in [4.78, 5) is 10.7. The average molecular weight is 253 g/mol. The highest BCUT2D eigenvalue weighted by Crippen LogP contribution is 2.28. The molecular formula is C13H19NO4. The Bertz CT molecular complexity index is 406. The van der Waals surface area contributed by atoms with Crippen molar-refractivity contribution in [3.63, 3.8) is 0 Å². The maximum absolute atomic E-state index is 10.7. The Kier molecular flexibility index (Phi) is 5.30. The molecule has 0 fully saturated rings. The number of hydrogen-bond donors (Lipinski definition) is 2. The molecule has 0 aromatic heterocycles. The molecule has 0 radical (unpaired) electrons. The molecule has 0 bridgehead atoms. The third kappa shape index (κ3) is 3.84. The van der Waals surface area contributed by atoms with Crippen molar-refractivity contribution in [3.8, 4) is 11.5 Å². The zero-order valence-corrected chi connectivity index (χ0v) is 10.9. The smallest absolute Gasteiger partial charge is 0.306 e. The summed E-state index contributed by atoms with van der Waals surface area (Å²) in [7, 11) is 3.19. The molecule has 2 N–H and O–H groups in total. The van der Waals surface area contributed by atoms with Gasteiger partial charge >= 0.3 is 5.97 Å². The minimum absolute atomic E-state index is 0.367. The van der Waals surface area contributed by atoms with Gasteiger partial charge in [-0.05, 0) is 18.6 Å².